The molecule has 0 radical (unpaired) electrons. The molecule has 142 valence electrons. The number of rotatable bonds is 5. The van der Waals surface area contributed by atoms with Crippen LogP contribution in [-0.4, -0.2) is 18.4 Å². The van der Waals surface area contributed by atoms with E-state index < -0.39 is 12.1 Å². The lowest BCUT2D eigenvalue weighted by molar-refractivity contribution is -0.133. The first kappa shape index (κ1) is 19.9. The van der Waals surface area contributed by atoms with Crippen LogP contribution in [0.2, 0.25) is 5.02 Å². The summed E-state index contributed by atoms with van der Waals surface area (Å²) >= 11 is 9.40. The van der Waals surface area contributed by atoms with Crippen LogP contribution in [0.15, 0.2) is 53.0 Å². The van der Waals surface area contributed by atoms with E-state index in [1.165, 1.54) is 0 Å². The number of hydrogen-bond donors (Lipinski definition) is 3. The minimum atomic E-state index is -0.454. The Hall–Kier alpha value is -1.89. The molecule has 0 bridgehead atoms. The Morgan fingerprint density at radius 3 is 2.41 bits per heavy atom. The summed E-state index contributed by atoms with van der Waals surface area (Å²) in [6, 6.07) is 14.1. The molecule has 3 unspecified atom stereocenters. The number of hydrogen-bond acceptors (Lipinski definition) is 3. The predicted octanol–water partition coefficient (Wildman–Crippen LogP) is 3.49. The molecular weight excluding hydrogens is 430 g/mol. The molecule has 0 saturated carbocycles. The van der Waals surface area contributed by atoms with Gasteiger partial charge in [-0.1, -0.05) is 51.8 Å². The van der Waals surface area contributed by atoms with Crippen LogP contribution in [-0.2, 0) is 9.59 Å². The minimum Gasteiger partial charge on any atom is -0.356 e. The fourth-order valence-electron chi connectivity index (χ4n) is 3.21. The van der Waals surface area contributed by atoms with Crippen LogP contribution in [0.3, 0.4) is 0 Å². The molecular formula is C20H21BrClN3O2. The molecule has 0 aliphatic carbocycles. The second kappa shape index (κ2) is 8.87. The highest BCUT2D eigenvalue weighted by atomic mass is 79.9. The average Bonchev–Trinajstić information content (AvgIpc) is 2.67. The van der Waals surface area contributed by atoms with Crippen molar-refractivity contribution >= 4 is 39.3 Å². The highest BCUT2D eigenvalue weighted by Gasteiger charge is 2.30. The SMILES string of the molecule is NC(c1ccc(Cl)cc1)C(NC(=O)C1CCNC(=O)C1)c1ccc(Br)cc1. The first-order valence-electron chi connectivity index (χ1n) is 8.77. The first-order valence-corrected chi connectivity index (χ1v) is 9.94. The monoisotopic (exact) mass is 449 g/mol. The van der Waals surface area contributed by atoms with Crippen LogP contribution in [0.4, 0.5) is 0 Å². The van der Waals surface area contributed by atoms with Gasteiger partial charge >= 0.3 is 0 Å². The maximum atomic E-state index is 12.8. The molecule has 0 aromatic heterocycles. The summed E-state index contributed by atoms with van der Waals surface area (Å²) in [6.45, 7) is 0.517. The van der Waals surface area contributed by atoms with Gasteiger partial charge in [0, 0.05) is 28.4 Å². The molecule has 0 spiro atoms. The topological polar surface area (TPSA) is 84.2 Å². The van der Waals surface area contributed by atoms with Gasteiger partial charge in [0.25, 0.3) is 0 Å². The van der Waals surface area contributed by atoms with E-state index in [2.05, 4.69) is 26.6 Å². The van der Waals surface area contributed by atoms with Crippen molar-refractivity contribution in [2.24, 2.45) is 11.7 Å². The Kier molecular flexibility index (Phi) is 6.52. The van der Waals surface area contributed by atoms with Crippen LogP contribution >= 0.6 is 27.5 Å². The lowest BCUT2D eigenvalue weighted by Crippen LogP contribution is -2.44. The van der Waals surface area contributed by atoms with Crippen molar-refractivity contribution in [3.05, 3.63) is 69.2 Å². The van der Waals surface area contributed by atoms with E-state index in [-0.39, 0.29) is 24.2 Å². The van der Waals surface area contributed by atoms with E-state index in [1.54, 1.807) is 12.1 Å². The average molecular weight is 451 g/mol. The molecule has 2 amide bonds. The second-order valence-corrected chi connectivity index (χ2v) is 8.01. The standard InChI is InChI=1S/C20H21BrClN3O2/c21-15-5-1-13(2-6-15)19(18(23)12-3-7-16(22)8-4-12)25-20(27)14-9-10-24-17(26)11-14/h1-8,14,18-19H,9-11,23H2,(H,24,26)(H,25,27). The summed E-state index contributed by atoms with van der Waals surface area (Å²) < 4.78 is 0.945. The third-order valence-corrected chi connectivity index (χ3v) is 5.54. The maximum Gasteiger partial charge on any atom is 0.224 e. The fourth-order valence-corrected chi connectivity index (χ4v) is 3.60. The molecule has 4 N–H and O–H groups in total. The van der Waals surface area contributed by atoms with Crippen molar-refractivity contribution in [2.75, 3.05) is 6.54 Å². The molecule has 5 nitrogen and oxygen atoms in total. The molecule has 2 aromatic carbocycles. The Bertz CT molecular complexity index is 811. The zero-order valence-electron chi connectivity index (χ0n) is 14.6. The summed E-state index contributed by atoms with van der Waals surface area (Å²) in [5.74, 6) is -0.583. The van der Waals surface area contributed by atoms with Gasteiger partial charge in [-0.15, -0.1) is 0 Å². The van der Waals surface area contributed by atoms with Gasteiger partial charge in [0.05, 0.1) is 12.1 Å². The zero-order valence-corrected chi connectivity index (χ0v) is 17.0. The highest BCUT2D eigenvalue weighted by Crippen LogP contribution is 2.29. The molecule has 1 aliphatic rings. The van der Waals surface area contributed by atoms with Gasteiger partial charge in [0.15, 0.2) is 0 Å². The van der Waals surface area contributed by atoms with E-state index in [4.69, 9.17) is 17.3 Å². The number of halogens is 2. The molecule has 2 aromatic rings. The Morgan fingerprint density at radius 1 is 1.15 bits per heavy atom. The van der Waals surface area contributed by atoms with E-state index >= 15 is 0 Å². The van der Waals surface area contributed by atoms with Crippen molar-refractivity contribution in [2.45, 2.75) is 24.9 Å². The summed E-state index contributed by atoms with van der Waals surface area (Å²) in [6.07, 6.45) is 0.829. The lowest BCUT2D eigenvalue weighted by atomic mass is 9.91. The molecule has 1 heterocycles. The van der Waals surface area contributed by atoms with Gasteiger partial charge in [-0.2, -0.15) is 0 Å². The maximum absolute atomic E-state index is 12.8. The first-order chi connectivity index (χ1) is 12.9. The summed E-state index contributed by atoms with van der Waals surface area (Å²) in [5.41, 5.74) is 8.28. The van der Waals surface area contributed by atoms with Gasteiger partial charge in [0.1, 0.15) is 0 Å². The molecule has 3 rings (SSSR count). The molecule has 1 aliphatic heterocycles. The Labute approximate surface area is 171 Å². The minimum absolute atomic E-state index is 0.0939. The van der Waals surface area contributed by atoms with Gasteiger partial charge in [0.2, 0.25) is 11.8 Å². The fraction of sp³-hybridized carbons (Fsp3) is 0.300. The number of carbonyl (C=O) groups is 2. The molecule has 1 fully saturated rings. The highest BCUT2D eigenvalue weighted by molar-refractivity contribution is 9.10. The van der Waals surface area contributed by atoms with Crippen LogP contribution in [0.1, 0.15) is 36.1 Å². The predicted molar refractivity (Wildman–Crippen MR) is 109 cm³/mol. The van der Waals surface area contributed by atoms with Crippen LogP contribution < -0.4 is 16.4 Å². The second-order valence-electron chi connectivity index (χ2n) is 6.65. The van der Waals surface area contributed by atoms with Crippen LogP contribution in [0.5, 0.6) is 0 Å². The number of benzene rings is 2. The Balaban J connectivity index is 1.85. The number of nitrogens with one attached hydrogen (secondary N) is 2. The van der Waals surface area contributed by atoms with Crippen molar-refractivity contribution < 1.29 is 9.59 Å². The van der Waals surface area contributed by atoms with Crippen molar-refractivity contribution in [3.8, 4) is 0 Å². The molecule has 27 heavy (non-hydrogen) atoms. The van der Waals surface area contributed by atoms with Gasteiger partial charge < -0.3 is 16.4 Å². The molecule has 7 heteroatoms. The van der Waals surface area contributed by atoms with Gasteiger partial charge in [-0.3, -0.25) is 9.59 Å². The van der Waals surface area contributed by atoms with Crippen LogP contribution in [0.25, 0.3) is 0 Å². The quantitative estimate of drug-likeness (QED) is 0.652. The summed E-state index contributed by atoms with van der Waals surface area (Å²) in [5, 5.41) is 6.44. The van der Waals surface area contributed by atoms with E-state index in [1.807, 2.05) is 36.4 Å². The van der Waals surface area contributed by atoms with Crippen molar-refractivity contribution in [1.82, 2.24) is 10.6 Å². The van der Waals surface area contributed by atoms with Crippen LogP contribution in [0, 0.1) is 5.92 Å². The van der Waals surface area contributed by atoms with E-state index in [0.717, 1.165) is 15.6 Å². The number of piperidine rings is 1. The zero-order chi connectivity index (χ0) is 19.4. The third-order valence-electron chi connectivity index (χ3n) is 4.76. The van der Waals surface area contributed by atoms with E-state index in [9.17, 15) is 9.59 Å². The number of nitrogens with two attached hydrogens (primary N) is 1. The van der Waals surface area contributed by atoms with Gasteiger partial charge in [-0.05, 0) is 41.8 Å². The smallest absolute Gasteiger partial charge is 0.224 e. The van der Waals surface area contributed by atoms with Gasteiger partial charge in [-0.25, -0.2) is 0 Å². The lowest BCUT2D eigenvalue weighted by Gasteiger charge is -2.29. The summed E-state index contributed by atoms with van der Waals surface area (Å²) in [7, 11) is 0. The number of amides is 2. The third kappa shape index (κ3) is 5.09. The molecule has 3 atom stereocenters. The van der Waals surface area contributed by atoms with E-state index in [0.29, 0.717) is 18.0 Å². The Morgan fingerprint density at radius 2 is 1.78 bits per heavy atom. The largest absolute Gasteiger partial charge is 0.356 e. The normalized spacial score (nSPS) is 19.1. The molecule has 1 saturated heterocycles. The number of carbonyl (C=O) groups excluding carboxylic acids is 2. The van der Waals surface area contributed by atoms with Crippen molar-refractivity contribution in [1.29, 1.82) is 0 Å². The summed E-state index contributed by atoms with van der Waals surface area (Å²) in [4.78, 5) is 24.4. The van der Waals surface area contributed by atoms with Crippen molar-refractivity contribution in [3.63, 3.8) is 0 Å².